The summed E-state index contributed by atoms with van der Waals surface area (Å²) in [6, 6.07) is 16.0. The number of aromatic amines is 1. The van der Waals surface area contributed by atoms with Crippen molar-refractivity contribution in [2.24, 2.45) is 0 Å². The van der Waals surface area contributed by atoms with Crippen molar-refractivity contribution in [2.45, 2.75) is 32.0 Å². The molecule has 2 N–H and O–H groups in total. The molecule has 5 heterocycles. The number of amides is 1. The Kier molecular flexibility index (Phi) is 5.61. The van der Waals surface area contributed by atoms with Crippen LogP contribution in [0.5, 0.6) is 5.88 Å². The predicted molar refractivity (Wildman–Crippen MR) is 135 cm³/mol. The molecule has 182 valence electrons. The van der Waals surface area contributed by atoms with Gasteiger partial charge in [0, 0.05) is 55.0 Å². The lowest BCUT2D eigenvalue weighted by Crippen LogP contribution is -2.45. The van der Waals surface area contributed by atoms with E-state index in [1.807, 2.05) is 60.9 Å². The van der Waals surface area contributed by atoms with Crippen LogP contribution in [0.15, 0.2) is 67.1 Å². The number of nitrogens with one attached hydrogen (secondary N) is 1. The zero-order valence-corrected chi connectivity index (χ0v) is 19.8. The molecule has 1 aliphatic heterocycles. The first kappa shape index (κ1) is 22.2. The molecule has 5 aromatic rings. The molecule has 0 bridgehead atoms. The largest absolute Gasteiger partial charge is 0.474 e. The number of aliphatic hydroxyl groups excluding tert-OH is 1. The quantitative estimate of drug-likeness (QED) is 0.396. The third kappa shape index (κ3) is 3.97. The summed E-state index contributed by atoms with van der Waals surface area (Å²) in [7, 11) is 0. The predicted octanol–water partition coefficient (Wildman–Crippen LogP) is 3.69. The van der Waals surface area contributed by atoms with Crippen molar-refractivity contribution in [3.05, 3.63) is 67.1 Å². The minimum absolute atomic E-state index is 0.0747. The monoisotopic (exact) mass is 482 g/mol. The summed E-state index contributed by atoms with van der Waals surface area (Å²) in [4.78, 5) is 26.6. The standard InChI is InChI=1S/C27H26N6O3/c1-17(34)27(35)32-13-10-20(11-14-32)36-26-21-9-12-28-24(21)33-25(31-26)22(16-30-33)19-7-8-23(29-15-19)18-5-3-2-4-6-18/h2-9,12,15-17,20,28,34H,10-11,13-14H2,1H3/t17-/m1/s1. The highest BCUT2D eigenvalue weighted by Crippen LogP contribution is 2.32. The number of piperidine rings is 1. The Morgan fingerprint density at radius 3 is 2.61 bits per heavy atom. The van der Waals surface area contributed by atoms with Gasteiger partial charge in [0.15, 0.2) is 5.65 Å². The number of benzene rings is 1. The SMILES string of the molecule is C[C@@H](O)C(=O)N1CCC(Oc2nc3c(-c4ccc(-c5ccccc5)nc4)cnn3c3[nH]ccc23)CC1. The first-order chi connectivity index (χ1) is 17.6. The Hall–Kier alpha value is -4.24. The number of hydrogen-bond donors (Lipinski definition) is 2. The molecule has 0 aliphatic carbocycles. The second-order valence-electron chi connectivity index (χ2n) is 9.07. The van der Waals surface area contributed by atoms with E-state index in [1.54, 1.807) is 15.6 Å². The zero-order valence-electron chi connectivity index (χ0n) is 19.8. The maximum atomic E-state index is 12.1. The number of ether oxygens (including phenoxy) is 1. The van der Waals surface area contributed by atoms with Crippen LogP contribution in [0.1, 0.15) is 19.8 Å². The number of aromatic nitrogens is 5. The molecule has 36 heavy (non-hydrogen) atoms. The van der Waals surface area contributed by atoms with E-state index in [-0.39, 0.29) is 12.0 Å². The first-order valence-electron chi connectivity index (χ1n) is 12.1. The molecule has 1 atom stereocenters. The Bertz CT molecular complexity index is 1520. The second kappa shape index (κ2) is 9.09. The maximum absolute atomic E-state index is 12.1. The lowest BCUT2D eigenvalue weighted by molar-refractivity contribution is -0.141. The normalized spacial score (nSPS) is 15.4. The van der Waals surface area contributed by atoms with Crippen LogP contribution in [0, 0.1) is 0 Å². The fraction of sp³-hybridized carbons (Fsp3) is 0.259. The summed E-state index contributed by atoms with van der Waals surface area (Å²) in [6.07, 6.45) is 5.78. The third-order valence-electron chi connectivity index (χ3n) is 6.65. The highest BCUT2D eigenvalue weighted by molar-refractivity contribution is 5.88. The summed E-state index contributed by atoms with van der Waals surface area (Å²) in [5.74, 6) is 0.298. The van der Waals surface area contributed by atoms with E-state index in [2.05, 4.69) is 15.1 Å². The smallest absolute Gasteiger partial charge is 0.251 e. The second-order valence-corrected chi connectivity index (χ2v) is 9.07. The van der Waals surface area contributed by atoms with Crippen molar-refractivity contribution in [2.75, 3.05) is 13.1 Å². The minimum atomic E-state index is -0.984. The highest BCUT2D eigenvalue weighted by atomic mass is 16.5. The number of likely N-dealkylation sites (tertiary alicyclic amines) is 1. The van der Waals surface area contributed by atoms with Gasteiger partial charge in [0.25, 0.3) is 5.91 Å². The topological polar surface area (TPSA) is 109 Å². The van der Waals surface area contributed by atoms with Crippen LogP contribution in [-0.2, 0) is 4.79 Å². The van der Waals surface area contributed by atoms with Gasteiger partial charge in [-0.05, 0) is 19.1 Å². The molecule has 1 fully saturated rings. The number of pyridine rings is 1. The number of H-pyrrole nitrogens is 1. The number of nitrogens with zero attached hydrogens (tertiary/aromatic N) is 5. The third-order valence-corrected chi connectivity index (χ3v) is 6.65. The van der Waals surface area contributed by atoms with Gasteiger partial charge in [-0.2, -0.15) is 14.6 Å². The number of carbonyl (C=O) groups excluding carboxylic acids is 1. The van der Waals surface area contributed by atoms with Crippen LogP contribution in [0.2, 0.25) is 0 Å². The van der Waals surface area contributed by atoms with Crippen LogP contribution >= 0.6 is 0 Å². The number of hydrogen-bond acceptors (Lipinski definition) is 6. The first-order valence-corrected chi connectivity index (χ1v) is 12.1. The fourth-order valence-corrected chi connectivity index (χ4v) is 4.72. The van der Waals surface area contributed by atoms with Gasteiger partial charge < -0.3 is 19.7 Å². The molecule has 1 amide bonds. The van der Waals surface area contributed by atoms with Crippen LogP contribution in [0.4, 0.5) is 0 Å². The van der Waals surface area contributed by atoms with Gasteiger partial charge in [0.05, 0.1) is 17.3 Å². The van der Waals surface area contributed by atoms with Crippen LogP contribution in [0.25, 0.3) is 39.1 Å². The average Bonchev–Trinajstić information content (AvgIpc) is 3.57. The van der Waals surface area contributed by atoms with Crippen molar-refractivity contribution in [1.82, 2.24) is 29.5 Å². The van der Waals surface area contributed by atoms with Crippen molar-refractivity contribution in [1.29, 1.82) is 0 Å². The van der Waals surface area contributed by atoms with Gasteiger partial charge in [-0.3, -0.25) is 9.78 Å². The molecule has 9 nitrogen and oxygen atoms in total. The van der Waals surface area contributed by atoms with Crippen molar-refractivity contribution < 1.29 is 14.6 Å². The summed E-state index contributed by atoms with van der Waals surface area (Å²) in [5.41, 5.74) is 5.22. The van der Waals surface area contributed by atoms with Gasteiger partial charge in [-0.15, -0.1) is 0 Å². The molecule has 0 saturated carbocycles. The summed E-state index contributed by atoms with van der Waals surface area (Å²) >= 11 is 0. The van der Waals surface area contributed by atoms with Crippen LogP contribution in [0.3, 0.4) is 0 Å². The molecule has 0 unspecified atom stereocenters. The zero-order chi connectivity index (χ0) is 24.6. The van der Waals surface area contributed by atoms with Crippen molar-refractivity contribution in [3.63, 3.8) is 0 Å². The molecule has 6 rings (SSSR count). The summed E-state index contributed by atoms with van der Waals surface area (Å²) in [6.45, 7) is 2.59. The van der Waals surface area contributed by atoms with Gasteiger partial charge in [-0.25, -0.2) is 0 Å². The molecule has 1 aromatic carbocycles. The Balaban J connectivity index is 1.30. The molecular weight excluding hydrogens is 456 g/mol. The number of aliphatic hydroxyl groups is 1. The maximum Gasteiger partial charge on any atom is 0.251 e. The van der Waals surface area contributed by atoms with Crippen LogP contribution in [-0.4, -0.2) is 65.8 Å². The van der Waals surface area contributed by atoms with Gasteiger partial charge >= 0.3 is 0 Å². The Morgan fingerprint density at radius 2 is 1.89 bits per heavy atom. The van der Waals surface area contributed by atoms with E-state index in [0.717, 1.165) is 33.4 Å². The van der Waals surface area contributed by atoms with Crippen molar-refractivity contribution >= 4 is 22.6 Å². The fourth-order valence-electron chi connectivity index (χ4n) is 4.72. The van der Waals surface area contributed by atoms with E-state index in [0.29, 0.717) is 37.5 Å². The lowest BCUT2D eigenvalue weighted by atomic mass is 10.1. The minimum Gasteiger partial charge on any atom is -0.474 e. The summed E-state index contributed by atoms with van der Waals surface area (Å²) < 4.78 is 8.16. The van der Waals surface area contributed by atoms with E-state index in [1.165, 1.54) is 6.92 Å². The molecule has 1 saturated heterocycles. The number of carbonyl (C=O) groups is 1. The van der Waals surface area contributed by atoms with Crippen molar-refractivity contribution in [3.8, 4) is 28.3 Å². The molecule has 0 radical (unpaired) electrons. The van der Waals surface area contributed by atoms with Gasteiger partial charge in [0.2, 0.25) is 5.88 Å². The van der Waals surface area contributed by atoms with E-state index in [4.69, 9.17) is 9.72 Å². The van der Waals surface area contributed by atoms with Gasteiger partial charge in [-0.1, -0.05) is 36.4 Å². The highest BCUT2D eigenvalue weighted by Gasteiger charge is 2.27. The number of fused-ring (bicyclic) bond motifs is 3. The van der Waals surface area contributed by atoms with Crippen LogP contribution < -0.4 is 4.74 Å². The molecule has 1 aliphatic rings. The molecular formula is C27H26N6O3. The van der Waals surface area contributed by atoms with E-state index in [9.17, 15) is 9.90 Å². The Labute approximate surface area is 207 Å². The Morgan fingerprint density at radius 1 is 1.08 bits per heavy atom. The lowest BCUT2D eigenvalue weighted by Gasteiger charge is -2.32. The average molecular weight is 483 g/mol. The summed E-state index contributed by atoms with van der Waals surface area (Å²) in [5, 5.41) is 15.0. The molecule has 0 spiro atoms. The molecule has 9 heteroatoms. The molecule has 4 aromatic heterocycles. The van der Waals surface area contributed by atoms with Gasteiger partial charge in [0.1, 0.15) is 17.9 Å². The number of rotatable bonds is 5. The van der Waals surface area contributed by atoms with E-state index < -0.39 is 6.10 Å². The van der Waals surface area contributed by atoms with E-state index >= 15 is 0 Å².